The number of halogens is 6. The average Bonchev–Trinajstić information content (AvgIpc) is 3.05. The molecule has 33 heavy (non-hydrogen) atoms. The van der Waals surface area contributed by atoms with Crippen LogP contribution in [0.3, 0.4) is 0 Å². The Kier molecular flexibility index (Phi) is 5.37. The molecular formula is C18H16ClF5N6O2S. The zero-order chi connectivity index (χ0) is 24.4. The Balaban J connectivity index is 1.75. The van der Waals surface area contributed by atoms with Crippen LogP contribution in [0, 0.1) is 0 Å². The maximum absolute atomic E-state index is 13.9. The van der Waals surface area contributed by atoms with Gasteiger partial charge in [0.2, 0.25) is 21.8 Å². The van der Waals surface area contributed by atoms with Crippen molar-refractivity contribution in [1.29, 1.82) is 0 Å². The summed E-state index contributed by atoms with van der Waals surface area (Å²) in [7, 11) is -4.21. The molecule has 0 bridgehead atoms. The molecule has 2 aliphatic rings. The van der Waals surface area contributed by atoms with E-state index in [1.165, 1.54) is 6.07 Å². The summed E-state index contributed by atoms with van der Waals surface area (Å²) in [6, 6.07) is 6.22. The van der Waals surface area contributed by atoms with Crippen molar-refractivity contribution in [2.75, 3.05) is 13.1 Å². The number of rotatable bonds is 4. The minimum Gasteiger partial charge on any atom is -0.369 e. The van der Waals surface area contributed by atoms with Gasteiger partial charge in [-0.15, -0.1) is 0 Å². The Morgan fingerprint density at radius 1 is 1.12 bits per heavy atom. The average molecular weight is 511 g/mol. The molecule has 6 N–H and O–H groups in total. The topological polar surface area (TPSA) is 126 Å². The summed E-state index contributed by atoms with van der Waals surface area (Å²) >= 11 is 6.20. The highest BCUT2D eigenvalue weighted by Gasteiger charge is 2.50. The number of aliphatic imine (C=N–C) groups is 1. The van der Waals surface area contributed by atoms with Crippen molar-refractivity contribution in [1.82, 2.24) is 15.2 Å². The Morgan fingerprint density at radius 2 is 1.73 bits per heavy atom. The fourth-order valence-corrected chi connectivity index (χ4v) is 5.29. The van der Waals surface area contributed by atoms with Gasteiger partial charge < -0.3 is 5.73 Å². The molecule has 0 aliphatic carbocycles. The Hall–Kier alpha value is -2.52. The van der Waals surface area contributed by atoms with Crippen LogP contribution in [0.15, 0.2) is 46.3 Å². The second-order valence-electron chi connectivity index (χ2n) is 7.55. The number of hydrazine groups is 1. The zero-order valence-corrected chi connectivity index (χ0v) is 18.0. The van der Waals surface area contributed by atoms with Crippen LogP contribution in [-0.2, 0) is 22.0 Å². The number of hydrogen-bond acceptors (Lipinski definition) is 7. The van der Waals surface area contributed by atoms with Gasteiger partial charge in [-0.1, -0.05) is 23.7 Å². The molecule has 2 aromatic carbocycles. The molecule has 0 saturated carbocycles. The lowest BCUT2D eigenvalue weighted by molar-refractivity contribution is -0.137. The van der Waals surface area contributed by atoms with E-state index in [1.54, 1.807) is 0 Å². The van der Waals surface area contributed by atoms with Gasteiger partial charge in [0.05, 0.1) is 23.5 Å². The van der Waals surface area contributed by atoms with E-state index in [1.807, 2.05) is 0 Å². The minimum absolute atomic E-state index is 0.0432. The monoisotopic (exact) mass is 510 g/mol. The molecule has 0 amide bonds. The molecule has 1 saturated heterocycles. The van der Waals surface area contributed by atoms with E-state index in [2.05, 4.69) is 15.8 Å². The first-order valence-electron chi connectivity index (χ1n) is 9.19. The molecule has 15 heteroatoms. The zero-order valence-electron chi connectivity index (χ0n) is 16.4. The highest BCUT2D eigenvalue weighted by atomic mass is 35.5. The molecule has 8 nitrogen and oxygen atoms in total. The molecule has 2 aromatic rings. The summed E-state index contributed by atoms with van der Waals surface area (Å²) in [6.45, 7) is -1.92. The first-order valence-corrected chi connectivity index (χ1v) is 11.0. The van der Waals surface area contributed by atoms with E-state index in [-0.39, 0.29) is 27.0 Å². The Morgan fingerprint density at radius 3 is 2.21 bits per heavy atom. The largest absolute Gasteiger partial charge is 0.417 e. The van der Waals surface area contributed by atoms with Crippen molar-refractivity contribution in [2.24, 2.45) is 16.5 Å². The molecule has 2 aliphatic heterocycles. The van der Waals surface area contributed by atoms with Gasteiger partial charge in [0.15, 0.2) is 0 Å². The second-order valence-corrected chi connectivity index (χ2v) is 9.89. The number of alkyl halides is 5. The first kappa shape index (κ1) is 23.6. The number of nitrogens with two attached hydrogens (primary N) is 2. The van der Waals surface area contributed by atoms with Gasteiger partial charge in [0.25, 0.3) is 5.92 Å². The van der Waals surface area contributed by atoms with Gasteiger partial charge in [-0.3, -0.25) is 11.2 Å². The van der Waals surface area contributed by atoms with Crippen molar-refractivity contribution in [3.8, 4) is 11.1 Å². The molecule has 0 radical (unpaired) electrons. The van der Waals surface area contributed by atoms with E-state index >= 15 is 0 Å². The third kappa shape index (κ3) is 4.24. The third-order valence-electron chi connectivity index (χ3n) is 5.11. The number of hydrogen-bond donors (Lipinski definition) is 4. The van der Waals surface area contributed by atoms with Crippen LogP contribution in [0.4, 0.5) is 22.0 Å². The number of benzene rings is 2. The van der Waals surface area contributed by atoms with Crippen LogP contribution < -0.4 is 22.3 Å². The molecule has 0 spiro atoms. The van der Waals surface area contributed by atoms with E-state index in [4.69, 9.17) is 23.1 Å². The molecule has 4 rings (SSSR count). The van der Waals surface area contributed by atoms with Crippen LogP contribution in [0.25, 0.3) is 11.1 Å². The maximum atomic E-state index is 13.9. The van der Waals surface area contributed by atoms with E-state index < -0.39 is 52.1 Å². The van der Waals surface area contributed by atoms with Crippen molar-refractivity contribution < 1.29 is 30.4 Å². The van der Waals surface area contributed by atoms with Gasteiger partial charge in [-0.2, -0.15) is 22.9 Å². The number of nitrogens with zero attached hydrogens (tertiary/aromatic N) is 2. The van der Waals surface area contributed by atoms with Gasteiger partial charge in [0, 0.05) is 16.1 Å². The first-order chi connectivity index (χ1) is 15.1. The summed E-state index contributed by atoms with van der Waals surface area (Å²) in [5.74, 6) is -5.05. The van der Waals surface area contributed by atoms with Crippen LogP contribution in [-0.4, -0.2) is 37.7 Å². The predicted octanol–water partition coefficient (Wildman–Crippen LogP) is 2.16. The quantitative estimate of drug-likeness (QED) is 0.467. The predicted molar refractivity (Wildman–Crippen MR) is 109 cm³/mol. The SMILES string of the molecule is NC1=NC(N)(c2cc(Cl)c(-c3ccc(S(=O)(=O)N4CC(F)(F)C4)cc3)c(C(F)(F)F)c2)NN1. The molecule has 1 unspecified atom stereocenters. The molecular weight excluding hydrogens is 495 g/mol. The Labute approximate surface area is 189 Å². The standard InChI is InChI=1S/C18H16ClF5N6O2S/c19-13-6-10(18(26)27-15(25)28-29-18)5-12(17(22,23)24)14(13)9-1-3-11(4-2-9)33(31,32)30-7-16(20,21)8-30/h1-6,29H,7-8,26H2,(H3,25,27,28). The number of guanidine groups is 1. The van der Waals surface area contributed by atoms with Gasteiger partial charge in [0.1, 0.15) is 0 Å². The van der Waals surface area contributed by atoms with Crippen LogP contribution in [0.2, 0.25) is 5.02 Å². The summed E-state index contributed by atoms with van der Waals surface area (Å²) in [5, 5.41) is -0.329. The minimum atomic E-state index is -4.86. The fraction of sp³-hybridized carbons (Fsp3) is 0.278. The van der Waals surface area contributed by atoms with Crippen molar-refractivity contribution in [3.63, 3.8) is 0 Å². The van der Waals surface area contributed by atoms with Gasteiger partial charge in [-0.05, 0) is 29.8 Å². The molecule has 1 fully saturated rings. The lowest BCUT2D eigenvalue weighted by Gasteiger charge is -2.37. The van der Waals surface area contributed by atoms with Crippen LogP contribution in [0.1, 0.15) is 11.1 Å². The van der Waals surface area contributed by atoms with Gasteiger partial charge in [-0.25, -0.2) is 22.2 Å². The van der Waals surface area contributed by atoms with Crippen molar-refractivity contribution in [3.05, 3.63) is 52.5 Å². The van der Waals surface area contributed by atoms with Gasteiger partial charge >= 0.3 is 6.18 Å². The smallest absolute Gasteiger partial charge is 0.369 e. The van der Waals surface area contributed by atoms with Crippen molar-refractivity contribution in [2.45, 2.75) is 22.8 Å². The normalized spacial score (nSPS) is 23.1. The summed E-state index contributed by atoms with van der Waals surface area (Å²) < 4.78 is 93.3. The van der Waals surface area contributed by atoms with Crippen molar-refractivity contribution >= 4 is 27.6 Å². The number of sulfonamides is 1. The Bertz CT molecular complexity index is 1240. The van der Waals surface area contributed by atoms with E-state index in [0.717, 1.165) is 30.3 Å². The molecule has 2 heterocycles. The highest BCUT2D eigenvalue weighted by molar-refractivity contribution is 7.89. The molecule has 0 aromatic heterocycles. The lowest BCUT2D eigenvalue weighted by atomic mass is 9.95. The van der Waals surface area contributed by atoms with E-state index in [9.17, 15) is 30.4 Å². The second kappa shape index (κ2) is 7.50. The summed E-state index contributed by atoms with van der Waals surface area (Å²) in [5.41, 5.74) is 14.6. The van der Waals surface area contributed by atoms with E-state index in [0.29, 0.717) is 4.31 Å². The van der Waals surface area contributed by atoms with Crippen LogP contribution >= 0.6 is 11.6 Å². The molecule has 178 valence electrons. The third-order valence-corrected chi connectivity index (χ3v) is 7.21. The van der Waals surface area contributed by atoms with Crippen LogP contribution in [0.5, 0.6) is 0 Å². The summed E-state index contributed by atoms with van der Waals surface area (Å²) in [6.07, 6.45) is -4.86. The fourth-order valence-electron chi connectivity index (χ4n) is 3.47. The summed E-state index contributed by atoms with van der Waals surface area (Å²) in [4.78, 5) is 3.50. The maximum Gasteiger partial charge on any atom is 0.417 e. The molecule has 1 atom stereocenters. The number of nitrogens with one attached hydrogen (secondary N) is 2. The highest BCUT2D eigenvalue weighted by Crippen LogP contribution is 2.43. The lowest BCUT2D eigenvalue weighted by Crippen LogP contribution is -2.58.